The summed E-state index contributed by atoms with van der Waals surface area (Å²) in [6.07, 6.45) is 4.05. The van der Waals surface area contributed by atoms with Crippen molar-refractivity contribution in [2.75, 3.05) is 19.0 Å². The Bertz CT molecular complexity index is 438. The maximum absolute atomic E-state index is 5.58. The third-order valence-electron chi connectivity index (χ3n) is 3.20. The van der Waals surface area contributed by atoms with E-state index in [4.69, 9.17) is 14.7 Å². The van der Waals surface area contributed by atoms with Crippen LogP contribution >= 0.6 is 22.6 Å². The summed E-state index contributed by atoms with van der Waals surface area (Å²) < 4.78 is 6.72. The van der Waals surface area contributed by atoms with E-state index in [2.05, 4.69) is 55.6 Å². The molecular weight excluding hydrogens is 377 g/mol. The molecule has 1 aromatic heterocycles. The molecule has 21 heavy (non-hydrogen) atoms. The first-order chi connectivity index (χ1) is 10.0. The van der Waals surface area contributed by atoms with E-state index in [1.807, 2.05) is 0 Å². The molecule has 1 heterocycles. The standard InChI is InChI=1S/C16H28IN3O/c1-6-8-13(21-5)15-19-12(10-11(3)4)14(17)16(20-15)18-9-7-2/h11,13H,6-10H2,1-5H3,(H,18,19,20). The molecule has 1 rings (SSSR count). The average Bonchev–Trinajstić information content (AvgIpc) is 2.45. The maximum atomic E-state index is 5.58. The SMILES string of the molecule is CCCNc1nc(C(CCC)OC)nc(CC(C)C)c1I. The van der Waals surface area contributed by atoms with Crippen LogP contribution in [-0.2, 0) is 11.2 Å². The van der Waals surface area contributed by atoms with Crippen LogP contribution in [-0.4, -0.2) is 23.6 Å². The van der Waals surface area contributed by atoms with Gasteiger partial charge in [-0.15, -0.1) is 0 Å². The Morgan fingerprint density at radius 2 is 1.90 bits per heavy atom. The van der Waals surface area contributed by atoms with E-state index in [1.165, 1.54) is 0 Å². The van der Waals surface area contributed by atoms with Gasteiger partial charge in [-0.2, -0.15) is 0 Å². The number of halogens is 1. The van der Waals surface area contributed by atoms with Gasteiger partial charge in [-0.05, 0) is 47.8 Å². The van der Waals surface area contributed by atoms with Crippen LogP contribution in [0.3, 0.4) is 0 Å². The number of hydrogen-bond acceptors (Lipinski definition) is 4. The molecule has 0 saturated heterocycles. The molecule has 0 saturated carbocycles. The van der Waals surface area contributed by atoms with Crippen LogP contribution in [0.2, 0.25) is 0 Å². The molecule has 0 aliphatic rings. The van der Waals surface area contributed by atoms with Crippen LogP contribution in [0.15, 0.2) is 0 Å². The first-order valence-corrected chi connectivity index (χ1v) is 8.94. The van der Waals surface area contributed by atoms with Gasteiger partial charge in [0.15, 0.2) is 5.82 Å². The van der Waals surface area contributed by atoms with Crippen molar-refractivity contribution < 1.29 is 4.74 Å². The molecule has 120 valence electrons. The van der Waals surface area contributed by atoms with Crippen LogP contribution in [0.25, 0.3) is 0 Å². The van der Waals surface area contributed by atoms with E-state index in [1.54, 1.807) is 7.11 Å². The summed E-state index contributed by atoms with van der Waals surface area (Å²) in [7, 11) is 1.74. The van der Waals surface area contributed by atoms with Crippen LogP contribution < -0.4 is 5.32 Å². The van der Waals surface area contributed by atoms with Gasteiger partial charge in [0.1, 0.15) is 11.9 Å². The van der Waals surface area contributed by atoms with Gasteiger partial charge in [0, 0.05) is 13.7 Å². The van der Waals surface area contributed by atoms with Crippen LogP contribution in [0.5, 0.6) is 0 Å². The van der Waals surface area contributed by atoms with Gasteiger partial charge in [-0.1, -0.05) is 34.1 Å². The summed E-state index contributed by atoms with van der Waals surface area (Å²) in [5, 5.41) is 3.42. The molecule has 4 nitrogen and oxygen atoms in total. The highest BCUT2D eigenvalue weighted by molar-refractivity contribution is 14.1. The second-order valence-corrected chi connectivity index (χ2v) is 6.81. The molecule has 0 spiro atoms. The lowest BCUT2D eigenvalue weighted by atomic mass is 10.1. The molecule has 1 N–H and O–H groups in total. The van der Waals surface area contributed by atoms with Crippen molar-refractivity contribution in [1.82, 2.24) is 9.97 Å². The zero-order valence-corrected chi connectivity index (χ0v) is 16.0. The topological polar surface area (TPSA) is 47.0 Å². The van der Waals surface area contributed by atoms with Crippen molar-refractivity contribution in [3.8, 4) is 0 Å². The van der Waals surface area contributed by atoms with Gasteiger partial charge < -0.3 is 10.1 Å². The lowest BCUT2D eigenvalue weighted by molar-refractivity contribution is 0.0874. The van der Waals surface area contributed by atoms with Crippen molar-refractivity contribution >= 4 is 28.4 Å². The lowest BCUT2D eigenvalue weighted by Gasteiger charge is -2.18. The van der Waals surface area contributed by atoms with Gasteiger partial charge in [-0.25, -0.2) is 9.97 Å². The number of ether oxygens (including phenoxy) is 1. The zero-order chi connectivity index (χ0) is 15.8. The summed E-state index contributed by atoms with van der Waals surface area (Å²) in [6.45, 7) is 9.68. The monoisotopic (exact) mass is 405 g/mol. The quantitative estimate of drug-likeness (QED) is 0.611. The number of hydrogen-bond donors (Lipinski definition) is 1. The fourth-order valence-corrected chi connectivity index (χ4v) is 2.81. The third kappa shape index (κ3) is 5.70. The van der Waals surface area contributed by atoms with Crippen molar-refractivity contribution in [2.24, 2.45) is 5.92 Å². The Kier molecular flexibility index (Phi) is 8.48. The molecule has 0 aliphatic carbocycles. The summed E-state index contributed by atoms with van der Waals surface area (Å²) >= 11 is 2.36. The average molecular weight is 405 g/mol. The van der Waals surface area contributed by atoms with Gasteiger partial charge in [0.25, 0.3) is 0 Å². The van der Waals surface area contributed by atoms with Gasteiger partial charge in [0.05, 0.1) is 9.26 Å². The van der Waals surface area contributed by atoms with Crippen LogP contribution in [0.4, 0.5) is 5.82 Å². The van der Waals surface area contributed by atoms with Crippen LogP contribution in [0, 0.1) is 9.49 Å². The lowest BCUT2D eigenvalue weighted by Crippen LogP contribution is -2.15. The number of rotatable bonds is 9. The van der Waals surface area contributed by atoms with E-state index < -0.39 is 0 Å². The Balaban J connectivity index is 3.17. The molecular formula is C16H28IN3O. The second kappa shape index (κ2) is 9.56. The number of methoxy groups -OCH3 is 1. The molecule has 0 radical (unpaired) electrons. The number of aromatic nitrogens is 2. The molecule has 0 aromatic carbocycles. The maximum Gasteiger partial charge on any atom is 0.159 e. The molecule has 0 aliphatic heterocycles. The van der Waals surface area contributed by atoms with Crippen molar-refractivity contribution in [3.05, 3.63) is 15.1 Å². The van der Waals surface area contributed by atoms with Gasteiger partial charge >= 0.3 is 0 Å². The minimum atomic E-state index is -0.0138. The molecule has 0 bridgehead atoms. The van der Waals surface area contributed by atoms with Gasteiger partial charge in [-0.3, -0.25) is 0 Å². The number of nitrogens with one attached hydrogen (secondary N) is 1. The molecule has 0 fully saturated rings. The minimum Gasteiger partial charge on any atom is -0.373 e. The second-order valence-electron chi connectivity index (χ2n) is 5.73. The van der Waals surface area contributed by atoms with E-state index in [9.17, 15) is 0 Å². The van der Waals surface area contributed by atoms with Crippen LogP contribution in [0.1, 0.15) is 64.6 Å². The summed E-state index contributed by atoms with van der Waals surface area (Å²) in [5.74, 6) is 2.35. The Morgan fingerprint density at radius 3 is 2.43 bits per heavy atom. The van der Waals surface area contributed by atoms with Gasteiger partial charge in [0.2, 0.25) is 0 Å². The Labute approximate surface area is 142 Å². The van der Waals surface area contributed by atoms with E-state index in [0.717, 1.165) is 53.1 Å². The Morgan fingerprint density at radius 1 is 1.19 bits per heavy atom. The zero-order valence-electron chi connectivity index (χ0n) is 13.9. The van der Waals surface area contributed by atoms with Crippen molar-refractivity contribution in [3.63, 3.8) is 0 Å². The molecule has 0 amide bonds. The highest BCUT2D eigenvalue weighted by atomic mass is 127. The minimum absolute atomic E-state index is 0.0138. The molecule has 5 heteroatoms. The Hall–Kier alpha value is -0.430. The van der Waals surface area contributed by atoms with E-state index in [-0.39, 0.29) is 6.10 Å². The highest BCUT2D eigenvalue weighted by Gasteiger charge is 2.19. The van der Waals surface area contributed by atoms with Crippen molar-refractivity contribution in [1.29, 1.82) is 0 Å². The van der Waals surface area contributed by atoms with E-state index in [0.29, 0.717) is 5.92 Å². The number of anilines is 1. The predicted molar refractivity (Wildman–Crippen MR) is 96.7 cm³/mol. The predicted octanol–water partition coefficient (Wildman–Crippen LogP) is 4.59. The first-order valence-electron chi connectivity index (χ1n) is 7.86. The molecule has 1 atom stereocenters. The third-order valence-corrected chi connectivity index (χ3v) is 4.34. The van der Waals surface area contributed by atoms with Crippen molar-refractivity contribution in [2.45, 2.75) is 59.5 Å². The first kappa shape index (κ1) is 18.6. The normalized spacial score (nSPS) is 12.7. The fourth-order valence-electron chi connectivity index (χ4n) is 2.15. The van der Waals surface area contributed by atoms with E-state index >= 15 is 0 Å². The molecule has 1 unspecified atom stereocenters. The summed E-state index contributed by atoms with van der Waals surface area (Å²) in [6, 6.07) is 0. The number of nitrogens with zero attached hydrogens (tertiary/aromatic N) is 2. The largest absolute Gasteiger partial charge is 0.373 e. The summed E-state index contributed by atoms with van der Waals surface area (Å²) in [4.78, 5) is 9.50. The smallest absolute Gasteiger partial charge is 0.159 e. The fraction of sp³-hybridized carbons (Fsp3) is 0.750. The summed E-state index contributed by atoms with van der Waals surface area (Å²) in [5.41, 5.74) is 1.13. The molecule has 1 aromatic rings. The highest BCUT2D eigenvalue weighted by Crippen LogP contribution is 2.26.